The SMILES string of the molecule is CCCCCOc1ccc(CCCS/C=C\C(=O)O)cc1. The van der Waals surface area contributed by atoms with E-state index in [2.05, 4.69) is 19.1 Å². The van der Waals surface area contributed by atoms with Gasteiger partial charge in [-0.15, -0.1) is 11.8 Å². The molecule has 21 heavy (non-hydrogen) atoms. The van der Waals surface area contributed by atoms with Gasteiger partial charge in [0.2, 0.25) is 0 Å². The highest BCUT2D eigenvalue weighted by Gasteiger charge is 1.96. The number of carboxylic acids is 1. The van der Waals surface area contributed by atoms with Crippen molar-refractivity contribution in [3.05, 3.63) is 41.3 Å². The van der Waals surface area contributed by atoms with E-state index in [1.807, 2.05) is 12.1 Å². The summed E-state index contributed by atoms with van der Waals surface area (Å²) in [6.45, 7) is 2.98. The van der Waals surface area contributed by atoms with E-state index in [0.717, 1.165) is 37.4 Å². The maximum atomic E-state index is 10.3. The fraction of sp³-hybridized carbons (Fsp3) is 0.471. The minimum Gasteiger partial charge on any atom is -0.494 e. The maximum Gasteiger partial charge on any atom is 0.328 e. The predicted molar refractivity (Wildman–Crippen MR) is 89.0 cm³/mol. The molecule has 1 rings (SSSR count). The van der Waals surface area contributed by atoms with Gasteiger partial charge < -0.3 is 9.84 Å². The molecule has 0 heterocycles. The van der Waals surface area contributed by atoms with E-state index < -0.39 is 5.97 Å². The van der Waals surface area contributed by atoms with Crippen LogP contribution in [0.5, 0.6) is 5.75 Å². The highest BCUT2D eigenvalue weighted by atomic mass is 32.2. The first-order valence-electron chi connectivity index (χ1n) is 7.45. The molecule has 0 amide bonds. The fourth-order valence-corrected chi connectivity index (χ4v) is 2.49. The van der Waals surface area contributed by atoms with Gasteiger partial charge in [-0.2, -0.15) is 0 Å². The normalized spacial score (nSPS) is 10.9. The third-order valence-corrected chi connectivity index (χ3v) is 3.83. The van der Waals surface area contributed by atoms with Gasteiger partial charge in [0.15, 0.2) is 0 Å². The minimum atomic E-state index is -0.892. The zero-order chi connectivity index (χ0) is 15.3. The Morgan fingerprint density at radius 1 is 1.24 bits per heavy atom. The van der Waals surface area contributed by atoms with Crippen molar-refractivity contribution in [3.8, 4) is 5.75 Å². The van der Waals surface area contributed by atoms with Crippen LogP contribution in [0.1, 0.15) is 38.2 Å². The molecule has 1 aromatic rings. The summed E-state index contributed by atoms with van der Waals surface area (Å²) in [5.74, 6) is 0.977. The first kappa shape index (κ1) is 17.6. The van der Waals surface area contributed by atoms with Crippen LogP contribution in [0, 0.1) is 0 Å². The Bertz CT molecular complexity index is 426. The molecule has 0 saturated carbocycles. The molecular formula is C17H24O3S. The van der Waals surface area contributed by atoms with E-state index >= 15 is 0 Å². The molecule has 0 unspecified atom stereocenters. The Balaban J connectivity index is 2.17. The van der Waals surface area contributed by atoms with Gasteiger partial charge >= 0.3 is 5.97 Å². The monoisotopic (exact) mass is 308 g/mol. The molecular weight excluding hydrogens is 284 g/mol. The van der Waals surface area contributed by atoms with Gasteiger partial charge in [-0.25, -0.2) is 4.79 Å². The summed E-state index contributed by atoms with van der Waals surface area (Å²) < 4.78 is 5.67. The Labute approximate surface area is 131 Å². The molecule has 0 spiro atoms. The molecule has 0 fully saturated rings. The topological polar surface area (TPSA) is 46.5 Å². The first-order valence-corrected chi connectivity index (χ1v) is 8.50. The van der Waals surface area contributed by atoms with Crippen LogP contribution in [0.25, 0.3) is 0 Å². The standard InChI is InChI=1S/C17H24O3S/c1-2-3-4-12-20-16-9-7-15(8-10-16)6-5-13-21-14-11-17(18)19/h7-11,14H,2-6,12-13H2,1H3,(H,18,19)/b14-11-. The highest BCUT2D eigenvalue weighted by molar-refractivity contribution is 8.02. The third kappa shape index (κ3) is 9.19. The molecule has 0 radical (unpaired) electrons. The molecule has 4 heteroatoms. The fourth-order valence-electron chi connectivity index (χ4n) is 1.83. The molecule has 1 N–H and O–H groups in total. The van der Waals surface area contributed by atoms with E-state index in [0.29, 0.717) is 0 Å². The Morgan fingerprint density at radius 2 is 2.00 bits per heavy atom. The van der Waals surface area contributed by atoms with Crippen LogP contribution < -0.4 is 4.74 Å². The van der Waals surface area contributed by atoms with Gasteiger partial charge in [-0.1, -0.05) is 31.9 Å². The second kappa shape index (κ2) is 11.3. The summed E-state index contributed by atoms with van der Waals surface area (Å²) in [7, 11) is 0. The smallest absolute Gasteiger partial charge is 0.328 e. The van der Waals surface area contributed by atoms with Gasteiger partial charge in [0.1, 0.15) is 5.75 Å². The number of aliphatic carboxylic acids is 1. The number of carbonyl (C=O) groups is 1. The average molecular weight is 308 g/mol. The van der Waals surface area contributed by atoms with Gasteiger partial charge in [-0.3, -0.25) is 0 Å². The number of aryl methyl sites for hydroxylation is 1. The van der Waals surface area contributed by atoms with Crippen LogP contribution in [0.4, 0.5) is 0 Å². The van der Waals surface area contributed by atoms with Crippen molar-refractivity contribution in [3.63, 3.8) is 0 Å². The van der Waals surface area contributed by atoms with Crippen molar-refractivity contribution in [1.29, 1.82) is 0 Å². The molecule has 0 aromatic heterocycles. The quantitative estimate of drug-likeness (QED) is 0.482. The summed E-state index contributed by atoms with van der Waals surface area (Å²) in [4.78, 5) is 10.3. The predicted octanol–water partition coefficient (Wildman–Crippen LogP) is 4.52. The zero-order valence-corrected chi connectivity index (χ0v) is 13.4. The van der Waals surface area contributed by atoms with Gasteiger partial charge in [-0.05, 0) is 48.1 Å². The lowest BCUT2D eigenvalue weighted by Crippen LogP contribution is -1.97. The van der Waals surface area contributed by atoms with Crippen molar-refractivity contribution in [1.82, 2.24) is 0 Å². The lowest BCUT2D eigenvalue weighted by atomic mass is 10.1. The first-order chi connectivity index (χ1) is 10.2. The second-order valence-electron chi connectivity index (χ2n) is 4.81. The Kier molecular flexibility index (Phi) is 9.46. The van der Waals surface area contributed by atoms with Crippen LogP contribution in [0.2, 0.25) is 0 Å². The molecule has 0 bridgehead atoms. The van der Waals surface area contributed by atoms with E-state index in [9.17, 15) is 4.79 Å². The molecule has 0 aliphatic heterocycles. The number of unbranched alkanes of at least 4 members (excludes halogenated alkanes) is 2. The molecule has 1 aromatic carbocycles. The van der Waals surface area contributed by atoms with Crippen LogP contribution in [-0.4, -0.2) is 23.4 Å². The van der Waals surface area contributed by atoms with Crippen molar-refractivity contribution in [2.24, 2.45) is 0 Å². The summed E-state index contributed by atoms with van der Waals surface area (Å²) in [6, 6.07) is 8.26. The number of benzene rings is 1. The molecule has 0 saturated heterocycles. The molecule has 0 aliphatic rings. The Hall–Kier alpha value is -1.42. The highest BCUT2D eigenvalue weighted by Crippen LogP contribution is 2.15. The number of rotatable bonds is 11. The van der Waals surface area contributed by atoms with Gasteiger partial charge in [0, 0.05) is 6.08 Å². The minimum absolute atomic E-state index is 0.791. The molecule has 116 valence electrons. The molecule has 0 atom stereocenters. The number of carboxylic acid groups (broad SMARTS) is 1. The number of hydrogen-bond donors (Lipinski definition) is 1. The summed E-state index contributed by atoms with van der Waals surface area (Å²) in [5, 5.41) is 10.1. The lowest BCUT2D eigenvalue weighted by Gasteiger charge is -2.06. The zero-order valence-electron chi connectivity index (χ0n) is 12.6. The van der Waals surface area contributed by atoms with Crippen molar-refractivity contribution in [2.75, 3.05) is 12.4 Å². The van der Waals surface area contributed by atoms with Crippen molar-refractivity contribution in [2.45, 2.75) is 39.0 Å². The van der Waals surface area contributed by atoms with Crippen molar-refractivity contribution >= 4 is 17.7 Å². The summed E-state index contributed by atoms with van der Waals surface area (Å²) in [5.41, 5.74) is 1.29. The third-order valence-electron chi connectivity index (χ3n) is 2.97. The largest absolute Gasteiger partial charge is 0.494 e. The second-order valence-corrected chi connectivity index (χ2v) is 5.83. The Morgan fingerprint density at radius 3 is 2.67 bits per heavy atom. The van der Waals surface area contributed by atoms with Crippen LogP contribution in [0.15, 0.2) is 35.7 Å². The van der Waals surface area contributed by atoms with Gasteiger partial charge in [0.05, 0.1) is 6.61 Å². The maximum absolute atomic E-state index is 10.3. The van der Waals surface area contributed by atoms with Crippen LogP contribution in [0.3, 0.4) is 0 Å². The van der Waals surface area contributed by atoms with Crippen LogP contribution in [-0.2, 0) is 11.2 Å². The van der Waals surface area contributed by atoms with E-state index in [1.165, 1.54) is 36.2 Å². The van der Waals surface area contributed by atoms with E-state index in [1.54, 1.807) is 5.41 Å². The summed E-state index contributed by atoms with van der Waals surface area (Å²) in [6.07, 6.45) is 6.75. The number of thioether (sulfide) groups is 1. The van der Waals surface area contributed by atoms with Gasteiger partial charge in [0.25, 0.3) is 0 Å². The molecule has 0 aliphatic carbocycles. The van der Waals surface area contributed by atoms with Crippen molar-refractivity contribution < 1.29 is 14.6 Å². The van der Waals surface area contributed by atoms with E-state index in [4.69, 9.17) is 9.84 Å². The van der Waals surface area contributed by atoms with Crippen LogP contribution >= 0.6 is 11.8 Å². The molecule has 3 nitrogen and oxygen atoms in total. The average Bonchev–Trinajstić information content (AvgIpc) is 2.48. The number of ether oxygens (including phenoxy) is 1. The number of hydrogen-bond acceptors (Lipinski definition) is 3. The lowest BCUT2D eigenvalue weighted by molar-refractivity contribution is -0.131. The van der Waals surface area contributed by atoms with E-state index in [-0.39, 0.29) is 0 Å². The summed E-state index contributed by atoms with van der Waals surface area (Å²) >= 11 is 1.53.